The molecule has 1 aliphatic heterocycles. The van der Waals surface area contributed by atoms with Crippen molar-refractivity contribution >= 4 is 23.4 Å². The maximum Gasteiger partial charge on any atom is 0.411 e. The highest BCUT2D eigenvalue weighted by atomic mass is 35.5. The van der Waals surface area contributed by atoms with Crippen LogP contribution in [0.1, 0.15) is 13.3 Å². The van der Waals surface area contributed by atoms with Gasteiger partial charge in [-0.25, -0.2) is 4.79 Å². The molecule has 4 nitrogen and oxygen atoms in total. The van der Waals surface area contributed by atoms with E-state index in [1.807, 2.05) is 12.1 Å². The van der Waals surface area contributed by atoms with Gasteiger partial charge in [-0.05, 0) is 31.0 Å². The van der Waals surface area contributed by atoms with Gasteiger partial charge in [0.25, 0.3) is 0 Å². The van der Waals surface area contributed by atoms with Crippen LogP contribution in [0.4, 0.5) is 10.5 Å². The normalized spacial score (nSPS) is 23.4. The SMILES string of the molecule is CC1CCNCC1OC(=O)Nc1ccccc1Cl. The predicted octanol–water partition coefficient (Wildman–Crippen LogP) is 2.89. The highest BCUT2D eigenvalue weighted by molar-refractivity contribution is 6.33. The van der Waals surface area contributed by atoms with E-state index in [0.29, 0.717) is 23.2 Å². The number of halogens is 1. The molecule has 0 aliphatic carbocycles. The number of carbonyl (C=O) groups is 1. The molecule has 2 rings (SSSR count). The summed E-state index contributed by atoms with van der Waals surface area (Å²) in [4.78, 5) is 11.8. The molecular formula is C13H17ClN2O2. The van der Waals surface area contributed by atoms with E-state index in [1.165, 1.54) is 0 Å². The number of carbonyl (C=O) groups excluding carboxylic acids is 1. The Morgan fingerprint density at radius 1 is 1.50 bits per heavy atom. The lowest BCUT2D eigenvalue weighted by molar-refractivity contribution is 0.0614. The molecule has 2 unspecified atom stereocenters. The lowest BCUT2D eigenvalue weighted by Crippen LogP contribution is -2.42. The van der Waals surface area contributed by atoms with Gasteiger partial charge in [0, 0.05) is 6.54 Å². The van der Waals surface area contributed by atoms with Crippen molar-refractivity contribution in [2.24, 2.45) is 5.92 Å². The second-order valence-electron chi connectivity index (χ2n) is 4.52. The highest BCUT2D eigenvalue weighted by Gasteiger charge is 2.24. The van der Waals surface area contributed by atoms with E-state index < -0.39 is 6.09 Å². The molecule has 0 spiro atoms. The van der Waals surface area contributed by atoms with Gasteiger partial charge in [0.05, 0.1) is 10.7 Å². The van der Waals surface area contributed by atoms with Crippen molar-refractivity contribution in [1.82, 2.24) is 5.32 Å². The molecule has 1 aromatic carbocycles. The monoisotopic (exact) mass is 268 g/mol. The minimum absolute atomic E-state index is 0.0822. The molecule has 1 saturated heterocycles. The first-order chi connectivity index (χ1) is 8.66. The lowest BCUT2D eigenvalue weighted by atomic mass is 9.97. The summed E-state index contributed by atoms with van der Waals surface area (Å²) in [6.07, 6.45) is 0.481. The van der Waals surface area contributed by atoms with Crippen LogP contribution in [-0.2, 0) is 4.74 Å². The molecule has 0 bridgehead atoms. The van der Waals surface area contributed by atoms with Crippen LogP contribution < -0.4 is 10.6 Å². The van der Waals surface area contributed by atoms with Gasteiger partial charge in [0.2, 0.25) is 0 Å². The summed E-state index contributed by atoms with van der Waals surface area (Å²) in [5.41, 5.74) is 0.570. The third-order valence-electron chi connectivity index (χ3n) is 3.13. The number of amides is 1. The van der Waals surface area contributed by atoms with E-state index in [-0.39, 0.29) is 6.10 Å². The third kappa shape index (κ3) is 3.37. The summed E-state index contributed by atoms with van der Waals surface area (Å²) in [5.74, 6) is 0.378. The van der Waals surface area contributed by atoms with Crippen LogP contribution >= 0.6 is 11.6 Å². The number of rotatable bonds is 2. The fourth-order valence-electron chi connectivity index (χ4n) is 1.96. The number of nitrogens with one attached hydrogen (secondary N) is 2. The van der Waals surface area contributed by atoms with Gasteiger partial charge in [-0.1, -0.05) is 30.7 Å². The smallest absolute Gasteiger partial charge is 0.411 e. The van der Waals surface area contributed by atoms with Crippen molar-refractivity contribution in [2.45, 2.75) is 19.4 Å². The van der Waals surface area contributed by atoms with Crippen LogP contribution in [-0.4, -0.2) is 25.3 Å². The zero-order chi connectivity index (χ0) is 13.0. The van der Waals surface area contributed by atoms with Gasteiger partial charge in [-0.2, -0.15) is 0 Å². The van der Waals surface area contributed by atoms with Crippen molar-refractivity contribution in [2.75, 3.05) is 18.4 Å². The highest BCUT2D eigenvalue weighted by Crippen LogP contribution is 2.21. The summed E-state index contributed by atoms with van der Waals surface area (Å²) in [5, 5.41) is 6.38. The molecule has 1 aliphatic rings. The average molecular weight is 269 g/mol. The predicted molar refractivity (Wildman–Crippen MR) is 72.0 cm³/mol. The van der Waals surface area contributed by atoms with Gasteiger partial charge in [0.1, 0.15) is 6.10 Å². The van der Waals surface area contributed by atoms with Crippen molar-refractivity contribution in [3.8, 4) is 0 Å². The maximum absolute atomic E-state index is 11.8. The molecule has 5 heteroatoms. The Labute approximate surface area is 112 Å². The van der Waals surface area contributed by atoms with E-state index in [4.69, 9.17) is 16.3 Å². The fraction of sp³-hybridized carbons (Fsp3) is 0.462. The number of ether oxygens (including phenoxy) is 1. The zero-order valence-electron chi connectivity index (χ0n) is 10.3. The van der Waals surface area contributed by atoms with Crippen LogP contribution in [0.15, 0.2) is 24.3 Å². The molecule has 18 heavy (non-hydrogen) atoms. The topological polar surface area (TPSA) is 50.4 Å². The second-order valence-corrected chi connectivity index (χ2v) is 4.93. The summed E-state index contributed by atoms with van der Waals surface area (Å²) in [7, 11) is 0. The standard InChI is InChI=1S/C13H17ClN2O2/c1-9-6-7-15-8-12(9)18-13(17)16-11-5-3-2-4-10(11)14/h2-5,9,12,15H,6-8H2,1H3,(H,16,17). The zero-order valence-corrected chi connectivity index (χ0v) is 11.0. The van der Waals surface area contributed by atoms with Crippen molar-refractivity contribution in [3.05, 3.63) is 29.3 Å². The molecular weight excluding hydrogens is 252 g/mol. The molecule has 1 aromatic rings. The molecule has 0 aromatic heterocycles. The number of anilines is 1. The van der Waals surface area contributed by atoms with E-state index in [9.17, 15) is 4.79 Å². The second kappa shape index (κ2) is 6.07. The summed E-state index contributed by atoms with van der Waals surface area (Å²) >= 11 is 5.96. The third-order valence-corrected chi connectivity index (χ3v) is 3.46. The van der Waals surface area contributed by atoms with Crippen molar-refractivity contribution in [1.29, 1.82) is 0 Å². The van der Waals surface area contributed by atoms with E-state index in [0.717, 1.165) is 13.0 Å². The Balaban J connectivity index is 1.90. The van der Waals surface area contributed by atoms with Crippen LogP contribution in [0.25, 0.3) is 0 Å². The first kappa shape index (κ1) is 13.2. The first-order valence-corrected chi connectivity index (χ1v) is 6.47. The summed E-state index contributed by atoms with van der Waals surface area (Å²) < 4.78 is 5.39. The van der Waals surface area contributed by atoms with Crippen molar-refractivity contribution < 1.29 is 9.53 Å². The Bertz CT molecular complexity index is 425. The summed E-state index contributed by atoms with van der Waals surface area (Å²) in [6.45, 7) is 3.78. The Hall–Kier alpha value is -1.26. The Morgan fingerprint density at radius 2 is 2.28 bits per heavy atom. The molecule has 1 amide bonds. The van der Waals surface area contributed by atoms with Crippen LogP contribution in [0, 0.1) is 5.92 Å². The molecule has 2 atom stereocenters. The van der Waals surface area contributed by atoms with E-state index in [2.05, 4.69) is 17.6 Å². The quantitative estimate of drug-likeness (QED) is 0.867. The van der Waals surface area contributed by atoms with Gasteiger partial charge >= 0.3 is 6.09 Å². The lowest BCUT2D eigenvalue weighted by Gasteiger charge is -2.29. The number of para-hydroxylation sites is 1. The Morgan fingerprint density at radius 3 is 3.00 bits per heavy atom. The van der Waals surface area contributed by atoms with Gasteiger partial charge in [-0.3, -0.25) is 5.32 Å². The van der Waals surface area contributed by atoms with Gasteiger partial charge in [-0.15, -0.1) is 0 Å². The molecule has 1 heterocycles. The largest absolute Gasteiger partial charge is 0.444 e. The maximum atomic E-state index is 11.8. The molecule has 2 N–H and O–H groups in total. The average Bonchev–Trinajstić information content (AvgIpc) is 2.35. The van der Waals surface area contributed by atoms with Gasteiger partial charge in [0.15, 0.2) is 0 Å². The number of piperidine rings is 1. The van der Waals surface area contributed by atoms with Gasteiger partial charge < -0.3 is 10.1 Å². The number of hydrogen-bond acceptors (Lipinski definition) is 3. The number of hydrogen-bond donors (Lipinski definition) is 2. The molecule has 0 radical (unpaired) electrons. The molecule has 0 saturated carbocycles. The first-order valence-electron chi connectivity index (χ1n) is 6.09. The van der Waals surface area contributed by atoms with Crippen molar-refractivity contribution in [3.63, 3.8) is 0 Å². The van der Waals surface area contributed by atoms with Crippen LogP contribution in [0.3, 0.4) is 0 Å². The van der Waals surface area contributed by atoms with Crippen LogP contribution in [0.2, 0.25) is 5.02 Å². The minimum atomic E-state index is -0.455. The minimum Gasteiger partial charge on any atom is -0.444 e. The Kier molecular flexibility index (Phi) is 4.44. The molecule has 1 fully saturated rings. The fourth-order valence-corrected chi connectivity index (χ4v) is 2.14. The van der Waals surface area contributed by atoms with Crippen LogP contribution in [0.5, 0.6) is 0 Å². The summed E-state index contributed by atoms with van der Waals surface area (Å²) in [6, 6.07) is 7.09. The number of benzene rings is 1. The molecule has 98 valence electrons. The van der Waals surface area contributed by atoms with E-state index >= 15 is 0 Å². The van der Waals surface area contributed by atoms with E-state index in [1.54, 1.807) is 12.1 Å².